The third kappa shape index (κ3) is 2.44. The summed E-state index contributed by atoms with van der Waals surface area (Å²) in [4.78, 5) is 10.5. The molecule has 70 valence electrons. The van der Waals surface area contributed by atoms with E-state index in [2.05, 4.69) is 0 Å². The van der Waals surface area contributed by atoms with Crippen molar-refractivity contribution >= 4 is 17.5 Å². The van der Waals surface area contributed by atoms with E-state index in [4.69, 9.17) is 0 Å². The van der Waals surface area contributed by atoms with E-state index < -0.39 is 11.7 Å². The monoisotopic (exact) mass is 194 g/mol. The largest absolute Gasteiger partial charge is 0.305 e. The number of hydrogen-bond donors (Lipinski definition) is 0. The molecule has 0 spiro atoms. The summed E-state index contributed by atoms with van der Waals surface area (Å²) in [7, 11) is 0. The molecule has 0 bridgehead atoms. The first-order valence-corrected chi connectivity index (χ1v) is 5.14. The molecule has 1 rings (SSSR count). The van der Waals surface area contributed by atoms with Crippen LogP contribution >= 0.6 is 11.8 Å². The number of halogens is 2. The molecule has 0 amide bonds. The number of carbonyl (C=O) groups excluding carboxylic acids is 1. The molecule has 1 heterocycles. The van der Waals surface area contributed by atoms with Gasteiger partial charge >= 0.3 is 5.92 Å². The standard InChI is InChI=1S/C8H12F2OS/c1-6(11)8(9,10)4-7-2-3-12-5-7/h7H,2-5H2,1H3. The van der Waals surface area contributed by atoms with Gasteiger partial charge in [0, 0.05) is 13.3 Å². The van der Waals surface area contributed by atoms with E-state index in [1.54, 1.807) is 11.8 Å². The second kappa shape index (κ2) is 3.73. The van der Waals surface area contributed by atoms with Gasteiger partial charge in [0.05, 0.1) is 0 Å². The lowest BCUT2D eigenvalue weighted by Crippen LogP contribution is -2.29. The second-order valence-corrected chi connectivity index (χ2v) is 4.34. The van der Waals surface area contributed by atoms with Crippen LogP contribution in [0.3, 0.4) is 0 Å². The van der Waals surface area contributed by atoms with E-state index >= 15 is 0 Å². The Morgan fingerprint density at radius 3 is 2.75 bits per heavy atom. The maximum Gasteiger partial charge on any atom is 0.305 e. The zero-order chi connectivity index (χ0) is 9.19. The molecule has 0 aromatic carbocycles. The Kier molecular flexibility index (Phi) is 3.09. The van der Waals surface area contributed by atoms with Crippen molar-refractivity contribution in [1.29, 1.82) is 0 Å². The molecule has 12 heavy (non-hydrogen) atoms. The Morgan fingerprint density at radius 2 is 2.33 bits per heavy atom. The van der Waals surface area contributed by atoms with Crippen LogP contribution < -0.4 is 0 Å². The van der Waals surface area contributed by atoms with Crippen LogP contribution in [0.15, 0.2) is 0 Å². The van der Waals surface area contributed by atoms with Crippen molar-refractivity contribution in [3.8, 4) is 0 Å². The molecule has 1 fully saturated rings. The zero-order valence-electron chi connectivity index (χ0n) is 6.98. The number of Topliss-reactive ketones (excluding diaryl/α,β-unsaturated/α-hetero) is 1. The van der Waals surface area contributed by atoms with Crippen LogP contribution in [0.4, 0.5) is 8.78 Å². The predicted octanol–water partition coefficient (Wildman–Crippen LogP) is 2.35. The Hall–Kier alpha value is -0.120. The number of rotatable bonds is 3. The first kappa shape index (κ1) is 9.96. The van der Waals surface area contributed by atoms with Gasteiger partial charge in [-0.3, -0.25) is 4.79 Å². The first-order valence-electron chi connectivity index (χ1n) is 3.99. The summed E-state index contributed by atoms with van der Waals surface area (Å²) in [5.74, 6) is -2.31. The lowest BCUT2D eigenvalue weighted by atomic mass is 9.98. The van der Waals surface area contributed by atoms with Gasteiger partial charge in [-0.15, -0.1) is 0 Å². The zero-order valence-corrected chi connectivity index (χ0v) is 7.79. The van der Waals surface area contributed by atoms with Gasteiger partial charge in [-0.25, -0.2) is 0 Å². The molecule has 0 radical (unpaired) electrons. The number of hydrogen-bond acceptors (Lipinski definition) is 2. The van der Waals surface area contributed by atoms with E-state index in [1.807, 2.05) is 0 Å². The van der Waals surface area contributed by atoms with Gasteiger partial charge < -0.3 is 0 Å². The summed E-state index contributed by atoms with van der Waals surface area (Å²) in [6, 6.07) is 0. The molecule has 0 aromatic heterocycles. The van der Waals surface area contributed by atoms with Crippen molar-refractivity contribution in [1.82, 2.24) is 0 Å². The Labute approximate surface area is 74.9 Å². The SMILES string of the molecule is CC(=O)C(F)(F)CC1CCSC1. The Balaban J connectivity index is 2.42. The van der Waals surface area contributed by atoms with E-state index in [0.29, 0.717) is 0 Å². The number of alkyl halides is 2. The molecule has 0 N–H and O–H groups in total. The third-order valence-corrected chi connectivity index (χ3v) is 3.32. The van der Waals surface area contributed by atoms with Gasteiger partial charge in [0.2, 0.25) is 0 Å². The van der Waals surface area contributed by atoms with Gasteiger partial charge in [-0.2, -0.15) is 20.5 Å². The molecular weight excluding hydrogens is 182 g/mol. The summed E-state index contributed by atoms with van der Waals surface area (Å²) in [5, 5.41) is 0. The maximum absolute atomic E-state index is 12.8. The molecule has 0 aromatic rings. The summed E-state index contributed by atoms with van der Waals surface area (Å²) in [5.41, 5.74) is 0. The molecule has 0 aliphatic carbocycles. The van der Waals surface area contributed by atoms with Crippen molar-refractivity contribution in [2.45, 2.75) is 25.7 Å². The lowest BCUT2D eigenvalue weighted by Gasteiger charge is -2.16. The fourth-order valence-electron chi connectivity index (χ4n) is 1.25. The van der Waals surface area contributed by atoms with Gasteiger partial charge in [-0.05, 0) is 23.8 Å². The van der Waals surface area contributed by atoms with Crippen LogP contribution in [0.2, 0.25) is 0 Å². The van der Waals surface area contributed by atoms with E-state index in [1.165, 1.54) is 0 Å². The molecule has 1 nitrogen and oxygen atoms in total. The van der Waals surface area contributed by atoms with Crippen LogP contribution in [0.5, 0.6) is 0 Å². The fourth-order valence-corrected chi connectivity index (χ4v) is 2.54. The minimum Gasteiger partial charge on any atom is -0.293 e. The van der Waals surface area contributed by atoms with E-state index in [0.717, 1.165) is 24.9 Å². The minimum absolute atomic E-state index is 0.0360. The number of thioether (sulfide) groups is 1. The second-order valence-electron chi connectivity index (χ2n) is 3.19. The van der Waals surface area contributed by atoms with Crippen LogP contribution in [0, 0.1) is 5.92 Å². The summed E-state index contributed by atoms with van der Waals surface area (Å²) in [6.45, 7) is 0.960. The molecule has 1 saturated heterocycles. The summed E-state index contributed by atoms with van der Waals surface area (Å²) >= 11 is 1.69. The Morgan fingerprint density at radius 1 is 1.67 bits per heavy atom. The summed E-state index contributed by atoms with van der Waals surface area (Å²) < 4.78 is 25.7. The highest BCUT2D eigenvalue weighted by atomic mass is 32.2. The van der Waals surface area contributed by atoms with Crippen molar-refractivity contribution in [2.75, 3.05) is 11.5 Å². The highest BCUT2D eigenvalue weighted by Crippen LogP contribution is 2.33. The highest BCUT2D eigenvalue weighted by molar-refractivity contribution is 7.99. The van der Waals surface area contributed by atoms with Crippen molar-refractivity contribution < 1.29 is 13.6 Å². The lowest BCUT2D eigenvalue weighted by molar-refractivity contribution is -0.142. The molecule has 0 saturated carbocycles. The quantitative estimate of drug-likeness (QED) is 0.686. The molecule has 1 aliphatic heterocycles. The van der Waals surface area contributed by atoms with Crippen molar-refractivity contribution in [2.24, 2.45) is 5.92 Å². The number of ketones is 1. The smallest absolute Gasteiger partial charge is 0.293 e. The van der Waals surface area contributed by atoms with Gasteiger partial charge in [0.25, 0.3) is 0 Å². The van der Waals surface area contributed by atoms with Gasteiger partial charge in [0.1, 0.15) is 0 Å². The third-order valence-electron chi connectivity index (χ3n) is 2.08. The molecule has 1 unspecified atom stereocenters. The van der Waals surface area contributed by atoms with E-state index in [9.17, 15) is 13.6 Å². The Bertz CT molecular complexity index is 176. The van der Waals surface area contributed by atoms with Crippen LogP contribution in [-0.4, -0.2) is 23.2 Å². The van der Waals surface area contributed by atoms with Gasteiger partial charge in [0.15, 0.2) is 5.78 Å². The average molecular weight is 194 g/mol. The van der Waals surface area contributed by atoms with Crippen molar-refractivity contribution in [3.05, 3.63) is 0 Å². The van der Waals surface area contributed by atoms with Crippen LogP contribution in [0.1, 0.15) is 19.8 Å². The van der Waals surface area contributed by atoms with E-state index in [-0.39, 0.29) is 12.3 Å². The first-order chi connectivity index (χ1) is 5.52. The average Bonchev–Trinajstić information content (AvgIpc) is 2.38. The normalized spacial score (nSPS) is 24.4. The molecule has 1 aliphatic rings. The molecule has 1 atom stereocenters. The fraction of sp³-hybridized carbons (Fsp3) is 0.875. The molecule has 4 heteroatoms. The van der Waals surface area contributed by atoms with Crippen molar-refractivity contribution in [3.63, 3.8) is 0 Å². The highest BCUT2D eigenvalue weighted by Gasteiger charge is 2.38. The predicted molar refractivity (Wildman–Crippen MR) is 45.7 cm³/mol. The van der Waals surface area contributed by atoms with Crippen LogP contribution in [0.25, 0.3) is 0 Å². The van der Waals surface area contributed by atoms with Gasteiger partial charge in [-0.1, -0.05) is 0 Å². The topological polar surface area (TPSA) is 17.1 Å². The maximum atomic E-state index is 12.8. The summed E-state index contributed by atoms with van der Waals surface area (Å²) in [6.07, 6.45) is 0.572. The molecular formula is C8H12F2OS. The van der Waals surface area contributed by atoms with Crippen LogP contribution in [-0.2, 0) is 4.79 Å². The minimum atomic E-state index is -3.09. The number of carbonyl (C=O) groups is 1.